The monoisotopic (exact) mass is 479 g/mol. The van der Waals surface area contributed by atoms with Gasteiger partial charge in [-0.05, 0) is 25.7 Å². The molecule has 1 heterocycles. The van der Waals surface area contributed by atoms with Crippen LogP contribution < -0.4 is 10.9 Å². The van der Waals surface area contributed by atoms with Crippen molar-refractivity contribution in [2.75, 3.05) is 7.05 Å². The van der Waals surface area contributed by atoms with Gasteiger partial charge < -0.3 is 14.8 Å². The number of carbonyl (C=O) groups is 1. The van der Waals surface area contributed by atoms with Crippen molar-refractivity contribution in [1.82, 2.24) is 5.32 Å². The summed E-state index contributed by atoms with van der Waals surface area (Å²) < 4.78 is 5.27. The van der Waals surface area contributed by atoms with Crippen LogP contribution in [0.2, 0.25) is 0 Å². The molecule has 0 atom stereocenters. The minimum absolute atomic E-state index is 0.0160. The second kappa shape index (κ2) is 21.7. The van der Waals surface area contributed by atoms with Gasteiger partial charge in [-0.3, -0.25) is 4.79 Å². The molecular formula is C29H53NO4. The van der Waals surface area contributed by atoms with Crippen molar-refractivity contribution in [2.24, 2.45) is 5.92 Å². The minimum Gasteiger partial charge on any atom is -0.508 e. The molecule has 5 heteroatoms. The van der Waals surface area contributed by atoms with Gasteiger partial charge in [0.15, 0.2) is 0 Å². The molecule has 0 bridgehead atoms. The first-order chi connectivity index (χ1) is 16.4. The van der Waals surface area contributed by atoms with Gasteiger partial charge in [-0.2, -0.15) is 0 Å². The van der Waals surface area contributed by atoms with E-state index in [4.69, 9.17) is 4.42 Å². The lowest BCUT2D eigenvalue weighted by atomic mass is 9.92. The van der Waals surface area contributed by atoms with E-state index in [1.807, 2.05) is 0 Å². The molecule has 0 aliphatic rings. The highest BCUT2D eigenvalue weighted by Gasteiger charge is 2.16. The Kier molecular flexibility index (Phi) is 20.6. The third-order valence-electron chi connectivity index (χ3n) is 6.42. The molecule has 198 valence electrons. The zero-order chi connectivity index (χ0) is 25.6. The van der Waals surface area contributed by atoms with Gasteiger partial charge in [-0.15, -0.1) is 0 Å². The summed E-state index contributed by atoms with van der Waals surface area (Å²) in [6.45, 7) is 8.76. The Morgan fingerprint density at radius 1 is 0.794 bits per heavy atom. The summed E-state index contributed by atoms with van der Waals surface area (Å²) in [5.74, 6) is 1.42. The van der Waals surface area contributed by atoms with Crippen LogP contribution in [0.3, 0.4) is 0 Å². The Labute approximate surface area is 209 Å². The van der Waals surface area contributed by atoms with E-state index < -0.39 is 5.63 Å². The molecule has 0 fully saturated rings. The van der Waals surface area contributed by atoms with Gasteiger partial charge in [0.1, 0.15) is 11.5 Å². The molecule has 0 saturated carbocycles. The highest BCUT2D eigenvalue weighted by atomic mass is 16.4. The van der Waals surface area contributed by atoms with Crippen LogP contribution in [0.15, 0.2) is 21.3 Å². The van der Waals surface area contributed by atoms with Crippen LogP contribution in [-0.2, 0) is 4.79 Å². The number of carbonyl (C=O) groups excluding carboxylic acids is 1. The first kappa shape index (κ1) is 32.2. The Hall–Kier alpha value is -1.78. The van der Waals surface area contributed by atoms with Crippen molar-refractivity contribution >= 4 is 5.91 Å². The topological polar surface area (TPSA) is 79.5 Å². The molecule has 0 aliphatic heterocycles. The van der Waals surface area contributed by atoms with Gasteiger partial charge in [-0.25, -0.2) is 4.79 Å². The lowest BCUT2D eigenvalue weighted by molar-refractivity contribution is -0.125. The highest BCUT2D eigenvalue weighted by Crippen LogP contribution is 2.29. The molecule has 0 spiro atoms. The molecule has 0 saturated heterocycles. The van der Waals surface area contributed by atoms with E-state index in [9.17, 15) is 14.7 Å². The maximum atomic E-state index is 11.6. The van der Waals surface area contributed by atoms with Gasteiger partial charge in [0.2, 0.25) is 5.91 Å². The summed E-state index contributed by atoms with van der Waals surface area (Å²) in [5, 5.41) is 12.3. The Morgan fingerprint density at radius 2 is 1.24 bits per heavy atom. The average molecular weight is 480 g/mol. The molecule has 0 radical (unpaired) electrons. The van der Waals surface area contributed by atoms with E-state index in [0.717, 1.165) is 44.6 Å². The molecule has 0 aliphatic carbocycles. The molecule has 2 N–H and O–H groups in total. The summed E-state index contributed by atoms with van der Waals surface area (Å²) in [6, 6.07) is 2.72. The minimum atomic E-state index is -0.453. The lowest BCUT2D eigenvalue weighted by Gasteiger charge is -2.15. The Bertz CT molecular complexity index is 650. The number of unbranched alkanes of at least 4 members (excludes halogenated alkanes) is 8. The van der Waals surface area contributed by atoms with Gasteiger partial charge in [0.05, 0.1) is 6.07 Å². The summed E-state index contributed by atoms with van der Waals surface area (Å²) in [7, 11) is 1.75. The van der Waals surface area contributed by atoms with Crippen molar-refractivity contribution < 1.29 is 14.3 Å². The molecule has 1 aromatic rings. The summed E-state index contributed by atoms with van der Waals surface area (Å²) in [5.41, 5.74) is -0.453. The summed E-state index contributed by atoms with van der Waals surface area (Å²) in [4.78, 5) is 22.9. The lowest BCUT2D eigenvalue weighted by Crippen LogP contribution is -2.27. The zero-order valence-corrected chi connectivity index (χ0v) is 22.8. The molecule has 0 aromatic carbocycles. The fraction of sp³-hybridized carbons (Fsp3) is 0.793. The third kappa shape index (κ3) is 16.0. The SMILES string of the molecule is CCCCCC(CCCCC)C(=O)NC.CCCCCC(CCCCC)c1cc(O)cc(=O)o1. The normalized spacial score (nSPS) is 10.9. The van der Waals surface area contributed by atoms with Crippen molar-refractivity contribution in [1.29, 1.82) is 0 Å². The Balaban J connectivity index is 0.000000661. The van der Waals surface area contributed by atoms with Crippen LogP contribution in [0.4, 0.5) is 0 Å². The van der Waals surface area contributed by atoms with E-state index >= 15 is 0 Å². The first-order valence-electron chi connectivity index (χ1n) is 14.0. The number of hydrogen-bond donors (Lipinski definition) is 2. The zero-order valence-electron chi connectivity index (χ0n) is 22.8. The fourth-order valence-electron chi connectivity index (χ4n) is 4.29. The van der Waals surface area contributed by atoms with E-state index in [-0.39, 0.29) is 23.5 Å². The number of aromatic hydroxyl groups is 1. The smallest absolute Gasteiger partial charge is 0.339 e. The maximum absolute atomic E-state index is 11.6. The average Bonchev–Trinajstić information content (AvgIpc) is 2.82. The molecular weight excluding hydrogens is 426 g/mol. The second-order valence-electron chi connectivity index (χ2n) is 9.53. The van der Waals surface area contributed by atoms with E-state index in [1.54, 1.807) is 13.1 Å². The number of hydrogen-bond acceptors (Lipinski definition) is 4. The van der Waals surface area contributed by atoms with Crippen LogP contribution in [-0.4, -0.2) is 18.1 Å². The molecule has 1 aromatic heterocycles. The van der Waals surface area contributed by atoms with Crippen LogP contribution in [0.5, 0.6) is 5.75 Å². The van der Waals surface area contributed by atoms with Crippen molar-refractivity contribution in [2.45, 2.75) is 136 Å². The quantitative estimate of drug-likeness (QED) is 0.208. The first-order valence-corrected chi connectivity index (χ1v) is 14.0. The van der Waals surface area contributed by atoms with Crippen LogP contribution in [0.25, 0.3) is 0 Å². The molecule has 0 unspecified atom stereocenters. The van der Waals surface area contributed by atoms with Crippen LogP contribution >= 0.6 is 0 Å². The van der Waals surface area contributed by atoms with E-state index in [1.165, 1.54) is 64.2 Å². The predicted molar refractivity (Wildman–Crippen MR) is 144 cm³/mol. The van der Waals surface area contributed by atoms with Gasteiger partial charge in [-0.1, -0.05) is 105 Å². The van der Waals surface area contributed by atoms with Crippen molar-refractivity contribution in [3.05, 3.63) is 28.3 Å². The molecule has 34 heavy (non-hydrogen) atoms. The van der Waals surface area contributed by atoms with Crippen molar-refractivity contribution in [3.8, 4) is 5.75 Å². The summed E-state index contributed by atoms with van der Waals surface area (Å²) >= 11 is 0. The molecule has 5 nitrogen and oxygen atoms in total. The second-order valence-corrected chi connectivity index (χ2v) is 9.53. The van der Waals surface area contributed by atoms with Gasteiger partial charge in [0, 0.05) is 24.9 Å². The maximum Gasteiger partial charge on any atom is 0.339 e. The molecule has 1 amide bonds. The van der Waals surface area contributed by atoms with Gasteiger partial charge >= 0.3 is 5.63 Å². The van der Waals surface area contributed by atoms with Crippen LogP contribution in [0, 0.1) is 5.92 Å². The third-order valence-corrected chi connectivity index (χ3v) is 6.42. The van der Waals surface area contributed by atoms with E-state index in [2.05, 4.69) is 33.0 Å². The predicted octanol–water partition coefficient (Wildman–Crippen LogP) is 8.10. The highest BCUT2D eigenvalue weighted by molar-refractivity contribution is 5.78. The van der Waals surface area contributed by atoms with E-state index in [0.29, 0.717) is 5.76 Å². The van der Waals surface area contributed by atoms with Crippen LogP contribution in [0.1, 0.15) is 142 Å². The summed E-state index contributed by atoms with van der Waals surface area (Å²) in [6.07, 6.45) is 18.6. The largest absolute Gasteiger partial charge is 0.508 e. The fourth-order valence-corrected chi connectivity index (χ4v) is 4.29. The Morgan fingerprint density at radius 3 is 1.62 bits per heavy atom. The number of rotatable bonds is 18. The number of nitrogens with one attached hydrogen (secondary N) is 1. The van der Waals surface area contributed by atoms with Gasteiger partial charge in [0.25, 0.3) is 0 Å². The number of amides is 1. The molecule has 1 rings (SSSR count). The van der Waals surface area contributed by atoms with Crippen molar-refractivity contribution in [3.63, 3.8) is 0 Å². The standard InChI is InChI=1S/C16H26O3.C13H27NO/c1-3-5-7-9-13(10-8-6-4-2)15-11-14(17)12-16(18)19-15;1-4-6-8-10-12(13(15)14-3)11-9-7-5-2/h11-13,17H,3-10H2,1-2H3;12H,4-11H2,1-3H3,(H,14,15).